The summed E-state index contributed by atoms with van der Waals surface area (Å²) in [7, 11) is 0. The summed E-state index contributed by atoms with van der Waals surface area (Å²) < 4.78 is 24.4. The van der Waals surface area contributed by atoms with Crippen LogP contribution in [0.15, 0.2) is 45.4 Å². The number of fused-ring (bicyclic) bond motifs is 1. The van der Waals surface area contributed by atoms with Gasteiger partial charge in [0.05, 0.1) is 12.8 Å². The van der Waals surface area contributed by atoms with Gasteiger partial charge in [-0.2, -0.15) is 0 Å². The SMILES string of the molecule is C[C@H]1c2cc(F)ccc2CCN1Cc1nnc(-c2ccco2)o1. The molecule has 0 aliphatic carbocycles. The normalized spacial score (nSPS) is 18.1. The van der Waals surface area contributed by atoms with Crippen LogP contribution in [-0.2, 0) is 13.0 Å². The quantitative estimate of drug-likeness (QED) is 0.739. The monoisotopic (exact) mass is 313 g/mol. The Morgan fingerprint density at radius 1 is 1.30 bits per heavy atom. The lowest BCUT2D eigenvalue weighted by atomic mass is 9.93. The van der Waals surface area contributed by atoms with Crippen LogP contribution in [0.3, 0.4) is 0 Å². The van der Waals surface area contributed by atoms with Gasteiger partial charge < -0.3 is 8.83 Å². The summed E-state index contributed by atoms with van der Waals surface area (Å²) in [6.07, 6.45) is 2.45. The first-order chi connectivity index (χ1) is 11.2. The maximum Gasteiger partial charge on any atom is 0.283 e. The van der Waals surface area contributed by atoms with Crippen LogP contribution in [0.25, 0.3) is 11.7 Å². The Balaban J connectivity index is 1.54. The molecule has 3 aromatic rings. The highest BCUT2D eigenvalue weighted by atomic mass is 19.1. The van der Waals surface area contributed by atoms with Gasteiger partial charge in [0.15, 0.2) is 5.76 Å². The second-order valence-corrected chi connectivity index (χ2v) is 5.72. The molecule has 0 bridgehead atoms. The summed E-state index contributed by atoms with van der Waals surface area (Å²) in [5.74, 6) is 1.27. The number of hydrogen-bond donors (Lipinski definition) is 0. The van der Waals surface area contributed by atoms with E-state index in [1.54, 1.807) is 24.5 Å². The van der Waals surface area contributed by atoms with Crippen molar-refractivity contribution in [2.24, 2.45) is 0 Å². The third-order valence-corrected chi connectivity index (χ3v) is 4.31. The van der Waals surface area contributed by atoms with Crippen molar-refractivity contribution < 1.29 is 13.2 Å². The van der Waals surface area contributed by atoms with E-state index >= 15 is 0 Å². The third-order valence-electron chi connectivity index (χ3n) is 4.31. The molecule has 0 spiro atoms. The van der Waals surface area contributed by atoms with E-state index in [1.807, 2.05) is 6.07 Å². The molecule has 4 rings (SSSR count). The molecular weight excluding hydrogens is 297 g/mol. The van der Waals surface area contributed by atoms with Crippen molar-refractivity contribution >= 4 is 0 Å². The van der Waals surface area contributed by atoms with Gasteiger partial charge in [-0.3, -0.25) is 4.90 Å². The lowest BCUT2D eigenvalue weighted by Gasteiger charge is -2.34. The summed E-state index contributed by atoms with van der Waals surface area (Å²) >= 11 is 0. The highest BCUT2D eigenvalue weighted by molar-refractivity contribution is 5.42. The third kappa shape index (κ3) is 2.66. The second kappa shape index (κ2) is 5.62. The fourth-order valence-corrected chi connectivity index (χ4v) is 3.04. The van der Waals surface area contributed by atoms with Gasteiger partial charge in [0, 0.05) is 12.6 Å². The molecule has 1 aliphatic rings. The zero-order chi connectivity index (χ0) is 15.8. The first-order valence-electron chi connectivity index (χ1n) is 7.59. The number of hydrogen-bond acceptors (Lipinski definition) is 5. The Labute approximate surface area is 132 Å². The number of benzene rings is 1. The topological polar surface area (TPSA) is 55.3 Å². The average Bonchev–Trinajstić information content (AvgIpc) is 3.22. The highest BCUT2D eigenvalue weighted by Crippen LogP contribution is 2.31. The summed E-state index contributed by atoms with van der Waals surface area (Å²) in [4.78, 5) is 2.21. The molecule has 0 amide bonds. The maximum absolute atomic E-state index is 13.5. The molecule has 0 radical (unpaired) electrons. The lowest BCUT2D eigenvalue weighted by Crippen LogP contribution is -2.33. The van der Waals surface area contributed by atoms with Gasteiger partial charge >= 0.3 is 0 Å². The number of furan rings is 1. The van der Waals surface area contributed by atoms with Crippen LogP contribution in [0.1, 0.15) is 30.0 Å². The summed E-state index contributed by atoms with van der Waals surface area (Å²) in [6.45, 7) is 3.48. The summed E-state index contributed by atoms with van der Waals surface area (Å²) in [6, 6.07) is 8.68. The molecule has 6 heteroatoms. The molecule has 1 aliphatic heterocycles. The van der Waals surface area contributed by atoms with E-state index in [0.717, 1.165) is 18.5 Å². The molecule has 1 atom stereocenters. The van der Waals surface area contributed by atoms with E-state index in [-0.39, 0.29) is 11.9 Å². The predicted molar refractivity (Wildman–Crippen MR) is 80.9 cm³/mol. The van der Waals surface area contributed by atoms with Gasteiger partial charge in [0.25, 0.3) is 5.89 Å². The number of halogens is 1. The van der Waals surface area contributed by atoms with Gasteiger partial charge in [0.2, 0.25) is 5.89 Å². The smallest absolute Gasteiger partial charge is 0.283 e. The van der Waals surface area contributed by atoms with Crippen molar-refractivity contribution in [3.63, 3.8) is 0 Å². The molecule has 0 saturated carbocycles. The van der Waals surface area contributed by atoms with Crippen LogP contribution in [-0.4, -0.2) is 21.6 Å². The molecule has 3 heterocycles. The molecule has 0 saturated heterocycles. The maximum atomic E-state index is 13.5. The summed E-state index contributed by atoms with van der Waals surface area (Å²) in [5, 5.41) is 8.09. The Hall–Kier alpha value is -2.47. The Kier molecular flexibility index (Phi) is 3.46. The molecule has 0 N–H and O–H groups in total. The molecule has 0 fully saturated rings. The highest BCUT2D eigenvalue weighted by Gasteiger charge is 2.26. The molecular formula is C17H16FN3O2. The molecule has 23 heavy (non-hydrogen) atoms. The van der Waals surface area contributed by atoms with E-state index in [9.17, 15) is 4.39 Å². The van der Waals surface area contributed by atoms with Crippen molar-refractivity contribution in [2.45, 2.75) is 25.9 Å². The second-order valence-electron chi connectivity index (χ2n) is 5.72. The van der Waals surface area contributed by atoms with Gasteiger partial charge in [-0.1, -0.05) is 6.07 Å². The van der Waals surface area contributed by atoms with Crippen molar-refractivity contribution in [2.75, 3.05) is 6.54 Å². The van der Waals surface area contributed by atoms with Crippen LogP contribution in [0, 0.1) is 5.82 Å². The van der Waals surface area contributed by atoms with E-state index < -0.39 is 0 Å². The van der Waals surface area contributed by atoms with Gasteiger partial charge in [0.1, 0.15) is 5.82 Å². The fourth-order valence-electron chi connectivity index (χ4n) is 3.04. The fraction of sp³-hybridized carbons (Fsp3) is 0.294. The Bertz CT molecular complexity index is 813. The largest absolute Gasteiger partial charge is 0.459 e. The zero-order valence-corrected chi connectivity index (χ0v) is 12.7. The van der Waals surface area contributed by atoms with Crippen molar-refractivity contribution in [1.29, 1.82) is 0 Å². The minimum atomic E-state index is -0.199. The number of rotatable bonds is 3. The summed E-state index contributed by atoms with van der Waals surface area (Å²) in [5.41, 5.74) is 2.24. The minimum absolute atomic E-state index is 0.105. The predicted octanol–water partition coefficient (Wildman–Crippen LogP) is 3.59. The van der Waals surface area contributed by atoms with Crippen molar-refractivity contribution in [1.82, 2.24) is 15.1 Å². The van der Waals surface area contributed by atoms with Crippen LogP contribution in [0.4, 0.5) is 4.39 Å². The molecule has 0 unspecified atom stereocenters. The first kappa shape index (κ1) is 14.1. The van der Waals surface area contributed by atoms with Crippen LogP contribution in [0.2, 0.25) is 0 Å². The van der Waals surface area contributed by atoms with Crippen LogP contribution in [0.5, 0.6) is 0 Å². The van der Waals surface area contributed by atoms with Crippen molar-refractivity contribution in [3.05, 3.63) is 59.4 Å². The van der Waals surface area contributed by atoms with E-state index in [4.69, 9.17) is 8.83 Å². The number of aromatic nitrogens is 2. The first-order valence-corrected chi connectivity index (χ1v) is 7.59. The van der Waals surface area contributed by atoms with E-state index in [0.29, 0.717) is 24.1 Å². The van der Waals surface area contributed by atoms with E-state index in [2.05, 4.69) is 22.0 Å². The average molecular weight is 313 g/mol. The molecule has 2 aromatic heterocycles. The van der Waals surface area contributed by atoms with Crippen LogP contribution >= 0.6 is 0 Å². The molecule has 1 aromatic carbocycles. The van der Waals surface area contributed by atoms with Crippen LogP contribution < -0.4 is 0 Å². The number of nitrogens with zero attached hydrogens (tertiary/aromatic N) is 3. The van der Waals surface area contributed by atoms with Crippen molar-refractivity contribution in [3.8, 4) is 11.7 Å². The van der Waals surface area contributed by atoms with Gasteiger partial charge in [-0.25, -0.2) is 4.39 Å². The lowest BCUT2D eigenvalue weighted by molar-refractivity contribution is 0.172. The standard InChI is InChI=1S/C17H16FN3O2/c1-11-14-9-13(18)5-4-12(14)6-7-21(11)10-16-19-20-17(23-16)15-3-2-8-22-15/h2-5,8-9,11H,6-7,10H2,1H3/t11-/m0/s1. The molecule has 118 valence electrons. The van der Waals surface area contributed by atoms with E-state index in [1.165, 1.54) is 11.6 Å². The molecule has 5 nitrogen and oxygen atoms in total. The Morgan fingerprint density at radius 2 is 2.22 bits per heavy atom. The Morgan fingerprint density at radius 3 is 3.04 bits per heavy atom. The zero-order valence-electron chi connectivity index (χ0n) is 12.7. The van der Waals surface area contributed by atoms with Gasteiger partial charge in [-0.05, 0) is 48.7 Å². The van der Waals surface area contributed by atoms with Gasteiger partial charge in [-0.15, -0.1) is 10.2 Å². The minimum Gasteiger partial charge on any atom is -0.459 e.